The van der Waals surface area contributed by atoms with Gasteiger partial charge in [0, 0.05) is 18.7 Å². The first-order valence-electron chi connectivity index (χ1n) is 8.96. The summed E-state index contributed by atoms with van der Waals surface area (Å²) in [6.07, 6.45) is 0.863. The second-order valence-corrected chi connectivity index (χ2v) is 6.32. The van der Waals surface area contributed by atoms with Gasteiger partial charge >= 0.3 is 5.97 Å². The molecule has 0 radical (unpaired) electrons. The van der Waals surface area contributed by atoms with E-state index in [2.05, 4.69) is 17.9 Å². The van der Waals surface area contributed by atoms with Crippen LogP contribution in [0.4, 0.5) is 0 Å². The van der Waals surface area contributed by atoms with E-state index in [1.165, 1.54) is 26.9 Å². The van der Waals surface area contributed by atoms with E-state index in [9.17, 15) is 4.79 Å². The van der Waals surface area contributed by atoms with Crippen molar-refractivity contribution >= 4 is 5.97 Å². The average molecular weight is 451 g/mol. The van der Waals surface area contributed by atoms with Crippen LogP contribution in [0.2, 0.25) is 0 Å². The number of hydrogen-bond donors (Lipinski definition) is 0. The van der Waals surface area contributed by atoms with Crippen molar-refractivity contribution in [2.24, 2.45) is 0 Å². The summed E-state index contributed by atoms with van der Waals surface area (Å²) in [7, 11) is 4.55. The second kappa shape index (κ2) is 9.80. The van der Waals surface area contributed by atoms with E-state index in [1.807, 2.05) is 12.1 Å². The van der Waals surface area contributed by atoms with Crippen molar-refractivity contribution in [2.75, 3.05) is 34.4 Å². The van der Waals surface area contributed by atoms with Crippen LogP contribution >= 0.6 is 0 Å². The highest BCUT2D eigenvalue weighted by atomic mass is 79.9. The fourth-order valence-electron chi connectivity index (χ4n) is 3.36. The van der Waals surface area contributed by atoms with Crippen LogP contribution in [-0.4, -0.2) is 45.3 Å². The molecule has 7 heteroatoms. The monoisotopic (exact) mass is 450 g/mol. The van der Waals surface area contributed by atoms with Crippen LogP contribution < -0.4 is 35.9 Å². The summed E-state index contributed by atoms with van der Waals surface area (Å²) >= 11 is 0. The predicted octanol–water partition coefficient (Wildman–Crippen LogP) is 0.314. The minimum atomic E-state index is -0.458. The Kier molecular flexibility index (Phi) is 7.71. The molecule has 1 aliphatic heterocycles. The zero-order valence-electron chi connectivity index (χ0n) is 16.6. The van der Waals surface area contributed by atoms with Gasteiger partial charge in [-0.1, -0.05) is 19.1 Å². The third kappa shape index (κ3) is 4.42. The lowest BCUT2D eigenvalue weighted by molar-refractivity contribution is -0.0000190. The number of benzene rings is 2. The van der Waals surface area contributed by atoms with Crippen molar-refractivity contribution in [1.29, 1.82) is 0 Å². The van der Waals surface area contributed by atoms with Gasteiger partial charge in [-0.15, -0.1) is 0 Å². The predicted molar refractivity (Wildman–Crippen MR) is 102 cm³/mol. The van der Waals surface area contributed by atoms with E-state index in [0.29, 0.717) is 28.6 Å². The van der Waals surface area contributed by atoms with E-state index >= 15 is 0 Å². The Morgan fingerprint density at radius 3 is 2.29 bits per heavy atom. The normalized spacial score (nSPS) is 13.1. The lowest BCUT2D eigenvalue weighted by Crippen LogP contribution is -3.00. The fraction of sp³-hybridized carbons (Fsp3) is 0.381. The number of carbonyl (C=O) groups excluding carboxylic acids is 1. The van der Waals surface area contributed by atoms with Crippen molar-refractivity contribution < 1.29 is 40.7 Å². The highest BCUT2D eigenvalue weighted by molar-refractivity contribution is 5.93. The second-order valence-electron chi connectivity index (χ2n) is 6.32. The highest BCUT2D eigenvalue weighted by Crippen LogP contribution is 2.38. The number of carbonyl (C=O) groups is 1. The van der Waals surface area contributed by atoms with E-state index in [-0.39, 0.29) is 17.0 Å². The number of nitrogens with zero attached hydrogens (tertiary/aromatic N) is 1. The Morgan fingerprint density at radius 2 is 1.71 bits per heavy atom. The summed E-state index contributed by atoms with van der Waals surface area (Å²) in [4.78, 5) is 15.1. The molecule has 6 nitrogen and oxygen atoms in total. The lowest BCUT2D eigenvalue weighted by Gasteiger charge is -2.28. The quantitative estimate of drug-likeness (QED) is 0.466. The zero-order valence-corrected chi connectivity index (χ0v) is 18.2. The maximum atomic E-state index is 12.8. The largest absolute Gasteiger partial charge is 1.00 e. The molecule has 28 heavy (non-hydrogen) atoms. The molecule has 0 aliphatic carbocycles. The molecule has 0 aromatic heterocycles. The van der Waals surface area contributed by atoms with Crippen molar-refractivity contribution in [1.82, 2.24) is 4.90 Å². The molecule has 1 heterocycles. The molecule has 1 aliphatic rings. The van der Waals surface area contributed by atoms with Crippen molar-refractivity contribution in [2.45, 2.75) is 19.9 Å². The molecule has 0 N–H and O–H groups in total. The van der Waals surface area contributed by atoms with Crippen molar-refractivity contribution in [3.8, 4) is 23.0 Å². The number of likely N-dealkylation sites (N-methyl/N-ethyl adjacent to an activating group) is 1. The van der Waals surface area contributed by atoms with Crippen LogP contribution in [0.25, 0.3) is 0 Å². The standard InChI is InChI=1S/C21H25NO5.BrH/c1-5-22-10-9-16-14(13-22)7-6-8-17(16)27-21(23)15-11-18(24-2)20(26-4)19(12-15)25-3;/h6-8,11-12H,5,9-10,13H2,1-4H3;1H/p-1. The third-order valence-electron chi connectivity index (χ3n) is 4.85. The van der Waals surface area contributed by atoms with E-state index in [4.69, 9.17) is 18.9 Å². The van der Waals surface area contributed by atoms with Gasteiger partial charge in [-0.2, -0.15) is 0 Å². The highest BCUT2D eigenvalue weighted by Gasteiger charge is 2.22. The molecule has 0 bridgehead atoms. The number of rotatable bonds is 6. The molecule has 152 valence electrons. The van der Waals surface area contributed by atoms with E-state index < -0.39 is 5.97 Å². The van der Waals surface area contributed by atoms with Crippen LogP contribution in [0.5, 0.6) is 23.0 Å². The van der Waals surface area contributed by atoms with Gasteiger partial charge in [0.05, 0.1) is 26.9 Å². The smallest absolute Gasteiger partial charge is 0.343 e. The molecule has 2 aromatic carbocycles. The number of hydrogen-bond acceptors (Lipinski definition) is 6. The van der Waals surface area contributed by atoms with Crippen LogP contribution in [0, 0.1) is 0 Å². The molecule has 0 saturated heterocycles. The summed E-state index contributed by atoms with van der Waals surface area (Å²) in [5, 5.41) is 0. The Hall–Kier alpha value is -2.25. The van der Waals surface area contributed by atoms with Gasteiger partial charge in [-0.25, -0.2) is 4.79 Å². The van der Waals surface area contributed by atoms with E-state index in [1.54, 1.807) is 12.1 Å². The van der Waals surface area contributed by atoms with Crippen LogP contribution in [0.15, 0.2) is 30.3 Å². The van der Waals surface area contributed by atoms with Crippen LogP contribution in [-0.2, 0) is 13.0 Å². The molecule has 0 fully saturated rings. The van der Waals surface area contributed by atoms with Gasteiger partial charge in [0.1, 0.15) is 5.75 Å². The molecule has 0 saturated carbocycles. The maximum absolute atomic E-state index is 12.8. The molecule has 0 atom stereocenters. The average Bonchev–Trinajstić information content (AvgIpc) is 2.72. The minimum absolute atomic E-state index is 0. The number of methoxy groups -OCH3 is 3. The van der Waals surface area contributed by atoms with Gasteiger partial charge in [-0.05, 0) is 36.7 Å². The molecular formula is C21H25BrNO5-. The molecule has 3 rings (SSSR count). The van der Waals surface area contributed by atoms with Crippen LogP contribution in [0.3, 0.4) is 0 Å². The Balaban J connectivity index is 0.00000280. The Labute approximate surface area is 176 Å². The first-order valence-corrected chi connectivity index (χ1v) is 8.96. The lowest BCUT2D eigenvalue weighted by atomic mass is 9.99. The van der Waals surface area contributed by atoms with Gasteiger partial charge in [0.15, 0.2) is 11.5 Å². The number of fused-ring (bicyclic) bond motifs is 1. The van der Waals surface area contributed by atoms with Gasteiger partial charge in [-0.3, -0.25) is 4.90 Å². The Bertz CT molecular complexity index is 815. The van der Waals surface area contributed by atoms with Crippen molar-refractivity contribution in [3.05, 3.63) is 47.0 Å². The number of esters is 1. The summed E-state index contributed by atoms with van der Waals surface area (Å²) < 4.78 is 21.7. The molecule has 2 aromatic rings. The number of ether oxygens (including phenoxy) is 4. The fourth-order valence-corrected chi connectivity index (χ4v) is 3.36. The summed E-state index contributed by atoms with van der Waals surface area (Å²) in [5.41, 5.74) is 2.65. The van der Waals surface area contributed by atoms with Gasteiger partial charge < -0.3 is 35.9 Å². The summed E-state index contributed by atoms with van der Waals surface area (Å²) in [5.74, 6) is 1.42. The SMILES string of the molecule is CCN1CCc2c(cccc2OC(=O)c2cc(OC)c(OC)c(OC)c2)C1.[Br-]. The molecule has 0 unspecified atom stereocenters. The van der Waals surface area contributed by atoms with Gasteiger partial charge in [0.2, 0.25) is 5.75 Å². The molecular weight excluding hydrogens is 426 g/mol. The summed E-state index contributed by atoms with van der Waals surface area (Å²) in [6, 6.07) is 9.05. The first kappa shape index (κ1) is 22.0. The third-order valence-corrected chi connectivity index (χ3v) is 4.85. The van der Waals surface area contributed by atoms with Gasteiger partial charge in [0.25, 0.3) is 0 Å². The maximum Gasteiger partial charge on any atom is 0.343 e. The van der Waals surface area contributed by atoms with E-state index in [0.717, 1.165) is 31.6 Å². The minimum Gasteiger partial charge on any atom is -1.00 e. The summed E-state index contributed by atoms with van der Waals surface area (Å²) in [6.45, 7) is 5.00. The van der Waals surface area contributed by atoms with Crippen LogP contribution in [0.1, 0.15) is 28.4 Å². The molecule has 0 spiro atoms. The first-order chi connectivity index (χ1) is 13.1. The topological polar surface area (TPSA) is 57.2 Å². The Morgan fingerprint density at radius 1 is 1.04 bits per heavy atom. The zero-order chi connectivity index (χ0) is 19.4. The molecule has 0 amide bonds. The number of halogens is 1. The van der Waals surface area contributed by atoms with Crippen molar-refractivity contribution in [3.63, 3.8) is 0 Å².